The highest BCUT2D eigenvalue weighted by Gasteiger charge is 2.51. The molecule has 1 aromatic rings. The monoisotopic (exact) mass is 374 g/mol. The number of nitrogens with one attached hydrogen (secondary N) is 1. The minimum Gasteiger partial charge on any atom is -0.481 e. The molecule has 1 saturated heterocycles. The molecule has 2 amide bonds. The van der Waals surface area contributed by atoms with E-state index in [1.807, 2.05) is 12.2 Å². The lowest BCUT2D eigenvalue weighted by atomic mass is 9.82. The van der Waals surface area contributed by atoms with Gasteiger partial charge in [0.2, 0.25) is 11.8 Å². The van der Waals surface area contributed by atoms with Gasteiger partial charge in [0, 0.05) is 18.7 Å². The maximum absolute atomic E-state index is 12.7. The van der Waals surface area contributed by atoms with Gasteiger partial charge in [-0.1, -0.05) is 23.8 Å². The molecule has 0 spiro atoms. The maximum atomic E-state index is 12.7. The molecule has 1 aromatic carbocycles. The van der Waals surface area contributed by atoms with Crippen LogP contribution in [0.25, 0.3) is 0 Å². The molecule has 1 aliphatic heterocycles. The Morgan fingerprint density at radius 3 is 2.54 bits per heavy atom. The number of rotatable bonds is 4. The highest BCUT2D eigenvalue weighted by molar-refractivity contribution is 6.34. The average molecular weight is 375 g/mol. The van der Waals surface area contributed by atoms with E-state index in [1.54, 1.807) is 23.1 Å². The van der Waals surface area contributed by atoms with Crippen molar-refractivity contribution in [3.05, 3.63) is 35.4 Å². The molecule has 2 fully saturated rings. The largest absolute Gasteiger partial charge is 0.481 e. The van der Waals surface area contributed by atoms with E-state index in [9.17, 15) is 19.5 Å². The number of hydrogen-bond donors (Lipinski definition) is 2. The van der Waals surface area contributed by atoms with Crippen LogP contribution in [0, 0.1) is 23.7 Å². The number of halogens is 1. The number of carbonyl (C=O) groups is 3. The van der Waals surface area contributed by atoms with Crippen molar-refractivity contribution in [1.82, 2.24) is 0 Å². The van der Waals surface area contributed by atoms with Crippen LogP contribution in [-0.2, 0) is 14.4 Å². The number of aliphatic carboxylic acids is 1. The van der Waals surface area contributed by atoms with Crippen molar-refractivity contribution >= 4 is 40.8 Å². The molecule has 4 atom stereocenters. The Hall–Kier alpha value is -2.34. The molecular formula is C19H19ClN2O4. The van der Waals surface area contributed by atoms with Gasteiger partial charge in [0.1, 0.15) is 0 Å². The Morgan fingerprint density at radius 1 is 1.19 bits per heavy atom. The lowest BCUT2D eigenvalue weighted by Crippen LogP contribution is -2.36. The van der Waals surface area contributed by atoms with Crippen molar-refractivity contribution in [2.45, 2.75) is 19.3 Å². The van der Waals surface area contributed by atoms with E-state index >= 15 is 0 Å². The summed E-state index contributed by atoms with van der Waals surface area (Å²) in [5, 5.41) is 12.7. The van der Waals surface area contributed by atoms with Crippen LogP contribution in [0.3, 0.4) is 0 Å². The number of amides is 2. The van der Waals surface area contributed by atoms with E-state index in [0.29, 0.717) is 35.8 Å². The second kappa shape index (κ2) is 6.43. The van der Waals surface area contributed by atoms with Crippen molar-refractivity contribution in [3.8, 4) is 0 Å². The molecule has 2 aliphatic carbocycles. The smallest absolute Gasteiger partial charge is 0.307 e. The maximum Gasteiger partial charge on any atom is 0.307 e. The van der Waals surface area contributed by atoms with E-state index in [4.69, 9.17) is 11.6 Å². The minimum atomic E-state index is -0.928. The van der Waals surface area contributed by atoms with Crippen molar-refractivity contribution < 1.29 is 19.5 Å². The van der Waals surface area contributed by atoms with E-state index in [1.165, 1.54) is 0 Å². The van der Waals surface area contributed by atoms with Crippen LogP contribution in [0.5, 0.6) is 0 Å². The van der Waals surface area contributed by atoms with Crippen molar-refractivity contribution in [1.29, 1.82) is 0 Å². The second-order valence-electron chi connectivity index (χ2n) is 7.14. The lowest BCUT2D eigenvalue weighted by molar-refractivity contribution is -0.146. The highest BCUT2D eigenvalue weighted by atomic mass is 35.5. The van der Waals surface area contributed by atoms with Gasteiger partial charge in [-0.3, -0.25) is 14.4 Å². The number of benzene rings is 1. The van der Waals surface area contributed by atoms with Gasteiger partial charge in [0.25, 0.3) is 0 Å². The zero-order valence-electron chi connectivity index (χ0n) is 14.0. The Balaban J connectivity index is 1.51. The quantitative estimate of drug-likeness (QED) is 0.793. The van der Waals surface area contributed by atoms with Gasteiger partial charge >= 0.3 is 5.97 Å². The fourth-order valence-corrected chi connectivity index (χ4v) is 4.73. The summed E-state index contributed by atoms with van der Waals surface area (Å²) in [5.74, 6) is -2.53. The Kier molecular flexibility index (Phi) is 4.23. The highest BCUT2D eigenvalue weighted by Crippen LogP contribution is 2.48. The number of anilines is 2. The summed E-state index contributed by atoms with van der Waals surface area (Å²) in [6, 6.07) is 5.03. The third kappa shape index (κ3) is 2.78. The van der Waals surface area contributed by atoms with Crippen LogP contribution < -0.4 is 10.2 Å². The van der Waals surface area contributed by atoms with Crippen LogP contribution in [0.15, 0.2) is 30.4 Å². The van der Waals surface area contributed by atoms with E-state index < -0.39 is 17.8 Å². The standard InChI is InChI=1S/C19H19ClN2O4/c20-13-9-12(5-6-14(13)22-7-1-2-15(22)23)21-18(24)16-10-3-4-11(8-10)17(16)19(25)26/h3-6,9-11,16-17H,1-2,7-8H2,(H,21,24)(H,25,26)/t10-,11-,16+,17+/m0/s1. The molecule has 0 aromatic heterocycles. The van der Waals surface area contributed by atoms with E-state index in [-0.39, 0.29) is 23.7 Å². The topological polar surface area (TPSA) is 86.7 Å². The molecule has 1 saturated carbocycles. The molecule has 0 radical (unpaired) electrons. The first kappa shape index (κ1) is 17.1. The van der Waals surface area contributed by atoms with Crippen molar-refractivity contribution in [2.24, 2.45) is 23.7 Å². The van der Waals surface area contributed by atoms with Gasteiger partial charge in [-0.05, 0) is 42.9 Å². The molecule has 1 heterocycles. The molecule has 0 unspecified atom stereocenters. The Bertz CT molecular complexity index is 822. The van der Waals surface area contributed by atoms with Gasteiger partial charge in [-0.2, -0.15) is 0 Å². The van der Waals surface area contributed by atoms with Crippen LogP contribution in [0.2, 0.25) is 5.02 Å². The predicted octanol–water partition coefficient (Wildman–Crippen LogP) is 2.93. The first-order chi connectivity index (χ1) is 12.5. The summed E-state index contributed by atoms with van der Waals surface area (Å²) in [5.41, 5.74) is 1.14. The van der Waals surface area contributed by atoms with Crippen LogP contribution in [0.4, 0.5) is 11.4 Å². The van der Waals surface area contributed by atoms with Crippen LogP contribution >= 0.6 is 11.6 Å². The molecule has 3 aliphatic rings. The van der Waals surface area contributed by atoms with Gasteiger partial charge in [-0.25, -0.2) is 0 Å². The third-order valence-electron chi connectivity index (χ3n) is 5.63. The molecule has 2 N–H and O–H groups in total. The number of carboxylic acids is 1. The molecule has 136 valence electrons. The molecule has 7 heteroatoms. The molecule has 6 nitrogen and oxygen atoms in total. The molecular weight excluding hydrogens is 356 g/mol. The number of allylic oxidation sites excluding steroid dienone is 2. The van der Waals surface area contributed by atoms with Crippen LogP contribution in [-0.4, -0.2) is 29.4 Å². The van der Waals surface area contributed by atoms with Gasteiger partial charge < -0.3 is 15.3 Å². The fourth-order valence-electron chi connectivity index (χ4n) is 4.45. The summed E-state index contributed by atoms with van der Waals surface area (Å²) in [6.07, 6.45) is 5.90. The number of nitrogens with zero attached hydrogens (tertiary/aromatic N) is 1. The summed E-state index contributed by atoms with van der Waals surface area (Å²) in [7, 11) is 0. The summed E-state index contributed by atoms with van der Waals surface area (Å²) < 4.78 is 0. The Labute approximate surface area is 155 Å². The zero-order valence-corrected chi connectivity index (χ0v) is 14.8. The third-order valence-corrected chi connectivity index (χ3v) is 5.93. The molecule has 4 rings (SSSR count). The van der Waals surface area contributed by atoms with Crippen molar-refractivity contribution in [3.63, 3.8) is 0 Å². The number of hydrogen-bond acceptors (Lipinski definition) is 3. The minimum absolute atomic E-state index is 0.0296. The van der Waals surface area contributed by atoms with E-state index in [2.05, 4.69) is 5.32 Å². The SMILES string of the molecule is O=C(O)[C@H]1[C@H](C(=O)Nc2ccc(N3CCCC3=O)c(Cl)c2)[C@H]2C=C[C@H]1C2. The summed E-state index contributed by atoms with van der Waals surface area (Å²) in [6.45, 7) is 0.641. The lowest BCUT2D eigenvalue weighted by Gasteiger charge is -2.24. The first-order valence-corrected chi connectivity index (χ1v) is 9.15. The zero-order chi connectivity index (χ0) is 18.4. The normalized spacial score (nSPS) is 29.4. The van der Waals surface area contributed by atoms with Gasteiger partial charge in [0.15, 0.2) is 0 Å². The Morgan fingerprint density at radius 2 is 1.92 bits per heavy atom. The van der Waals surface area contributed by atoms with E-state index in [0.717, 1.165) is 6.42 Å². The molecule has 2 bridgehead atoms. The average Bonchev–Trinajstić information content (AvgIpc) is 3.30. The fraction of sp³-hybridized carbons (Fsp3) is 0.421. The number of fused-ring (bicyclic) bond motifs is 2. The van der Waals surface area contributed by atoms with Gasteiger partial charge in [-0.15, -0.1) is 0 Å². The van der Waals surface area contributed by atoms with Crippen LogP contribution in [0.1, 0.15) is 19.3 Å². The van der Waals surface area contributed by atoms with Gasteiger partial charge in [0.05, 0.1) is 22.5 Å². The summed E-state index contributed by atoms with van der Waals surface area (Å²) in [4.78, 5) is 37.8. The second-order valence-corrected chi connectivity index (χ2v) is 7.55. The number of carboxylic acid groups (broad SMARTS) is 1. The number of carbonyl (C=O) groups excluding carboxylic acids is 2. The first-order valence-electron chi connectivity index (χ1n) is 8.77. The molecule has 26 heavy (non-hydrogen) atoms. The predicted molar refractivity (Wildman–Crippen MR) is 97.0 cm³/mol. The van der Waals surface area contributed by atoms with Crippen molar-refractivity contribution in [2.75, 3.05) is 16.8 Å². The summed E-state index contributed by atoms with van der Waals surface area (Å²) >= 11 is 6.31.